The van der Waals surface area contributed by atoms with Crippen molar-refractivity contribution < 1.29 is 22.3 Å². The van der Waals surface area contributed by atoms with Gasteiger partial charge in [0.2, 0.25) is 5.03 Å². The molecule has 0 saturated carbocycles. The number of nitrogens with one attached hydrogen (secondary N) is 2. The molecule has 0 unspecified atom stereocenters. The molecule has 0 amide bonds. The Labute approximate surface area is 119 Å². The van der Waals surface area contributed by atoms with Crippen molar-refractivity contribution in [2.24, 2.45) is 0 Å². The summed E-state index contributed by atoms with van der Waals surface area (Å²) in [5.74, 6) is -1.65. The topological polar surface area (TPSA) is 95.1 Å². The summed E-state index contributed by atoms with van der Waals surface area (Å²) in [6.07, 6.45) is 0. The van der Waals surface area contributed by atoms with Crippen molar-refractivity contribution in [3.8, 4) is 0 Å². The maximum Gasteiger partial charge on any atom is 0.281 e. The fourth-order valence-corrected chi connectivity index (χ4v) is 3.01. The molecule has 1 aromatic heterocycles. The second-order valence-corrected chi connectivity index (χ2v) is 6.07. The predicted molar refractivity (Wildman–Crippen MR) is 71.2 cm³/mol. The van der Waals surface area contributed by atoms with Crippen LogP contribution in [0.5, 0.6) is 0 Å². The first-order chi connectivity index (χ1) is 9.76. The second kappa shape index (κ2) is 5.41. The lowest BCUT2D eigenvalue weighted by molar-refractivity contribution is 0.277. The number of sulfonamides is 1. The highest BCUT2D eigenvalue weighted by Crippen LogP contribution is 2.23. The molecule has 0 spiro atoms. The molecular formula is C12H13F2N3O3S. The molecule has 6 nitrogen and oxygen atoms in total. The predicted octanol–water partition coefficient (Wildman–Crippen LogP) is 1.60. The fourth-order valence-electron chi connectivity index (χ4n) is 1.76. The Hall–Kier alpha value is -2.00. The van der Waals surface area contributed by atoms with Gasteiger partial charge in [-0.2, -0.15) is 13.5 Å². The highest BCUT2D eigenvalue weighted by Gasteiger charge is 2.25. The van der Waals surface area contributed by atoms with Crippen molar-refractivity contribution in [2.75, 3.05) is 4.72 Å². The van der Waals surface area contributed by atoms with Crippen molar-refractivity contribution in [2.45, 2.75) is 25.5 Å². The van der Waals surface area contributed by atoms with Crippen LogP contribution in [0.3, 0.4) is 0 Å². The van der Waals surface area contributed by atoms with E-state index in [9.17, 15) is 17.2 Å². The molecule has 0 aliphatic rings. The van der Waals surface area contributed by atoms with E-state index in [4.69, 9.17) is 5.11 Å². The highest BCUT2D eigenvalue weighted by atomic mass is 32.2. The summed E-state index contributed by atoms with van der Waals surface area (Å²) >= 11 is 0. The minimum absolute atomic E-state index is 0.0575. The van der Waals surface area contributed by atoms with Gasteiger partial charge in [0.1, 0.15) is 11.6 Å². The van der Waals surface area contributed by atoms with Crippen LogP contribution < -0.4 is 4.72 Å². The standard InChI is InChI=1S/C12H13F2N3O3S/c1-6-3-10(14)11(4-9(6)13)17-21(19,20)12-8(5-18)7(2)15-16-12/h3-4,17-18H,5H2,1-2H3,(H,15,16). The lowest BCUT2D eigenvalue weighted by Gasteiger charge is -2.09. The smallest absolute Gasteiger partial charge is 0.281 e. The molecule has 0 radical (unpaired) electrons. The molecule has 0 saturated heterocycles. The van der Waals surface area contributed by atoms with Crippen LogP contribution >= 0.6 is 0 Å². The van der Waals surface area contributed by atoms with Gasteiger partial charge in [0.15, 0.2) is 0 Å². The van der Waals surface area contributed by atoms with Crippen LogP contribution in [0, 0.1) is 25.5 Å². The molecule has 0 bridgehead atoms. The molecule has 9 heteroatoms. The Morgan fingerprint density at radius 2 is 1.95 bits per heavy atom. The Bertz CT molecular complexity index is 787. The number of halogens is 2. The van der Waals surface area contributed by atoms with Gasteiger partial charge >= 0.3 is 0 Å². The van der Waals surface area contributed by atoms with Crippen LogP contribution in [-0.4, -0.2) is 23.7 Å². The van der Waals surface area contributed by atoms with Gasteiger partial charge in [-0.1, -0.05) is 0 Å². The zero-order valence-electron chi connectivity index (χ0n) is 11.2. The van der Waals surface area contributed by atoms with E-state index in [1.54, 1.807) is 0 Å². The van der Waals surface area contributed by atoms with E-state index >= 15 is 0 Å². The average Bonchev–Trinajstić information content (AvgIpc) is 2.77. The van der Waals surface area contributed by atoms with Gasteiger partial charge in [0, 0.05) is 17.3 Å². The molecule has 2 rings (SSSR count). The first kappa shape index (κ1) is 15.4. The number of nitrogens with zero attached hydrogens (tertiary/aromatic N) is 1. The summed E-state index contributed by atoms with van der Waals surface area (Å²) in [6, 6.07) is 1.64. The molecule has 0 atom stereocenters. The van der Waals surface area contributed by atoms with E-state index in [2.05, 4.69) is 10.2 Å². The molecule has 0 aliphatic carbocycles. The van der Waals surface area contributed by atoms with Gasteiger partial charge in [-0.3, -0.25) is 9.82 Å². The quantitative estimate of drug-likeness (QED) is 0.798. The van der Waals surface area contributed by atoms with Crippen LogP contribution in [0.15, 0.2) is 17.2 Å². The Balaban J connectivity index is 2.45. The molecule has 1 heterocycles. The van der Waals surface area contributed by atoms with Crippen LogP contribution in [-0.2, 0) is 16.6 Å². The number of aliphatic hydroxyl groups excluding tert-OH is 1. The third-order valence-corrected chi connectivity index (χ3v) is 4.28. The van der Waals surface area contributed by atoms with Gasteiger partial charge in [-0.15, -0.1) is 0 Å². The SMILES string of the molecule is Cc1cc(F)c(NS(=O)(=O)c2n[nH]c(C)c2CO)cc1F. The molecule has 114 valence electrons. The summed E-state index contributed by atoms with van der Waals surface area (Å²) in [7, 11) is -4.25. The number of anilines is 1. The first-order valence-corrected chi connectivity index (χ1v) is 7.37. The minimum atomic E-state index is -4.25. The van der Waals surface area contributed by atoms with Crippen LogP contribution in [0.2, 0.25) is 0 Å². The second-order valence-electron chi connectivity index (χ2n) is 4.48. The van der Waals surface area contributed by atoms with Crippen molar-refractivity contribution in [1.29, 1.82) is 0 Å². The maximum absolute atomic E-state index is 13.7. The molecule has 2 aromatic rings. The third-order valence-electron chi connectivity index (χ3n) is 2.94. The number of hydrogen-bond donors (Lipinski definition) is 3. The number of H-pyrrole nitrogens is 1. The van der Waals surface area contributed by atoms with Crippen LogP contribution in [0.4, 0.5) is 14.5 Å². The number of hydrogen-bond acceptors (Lipinski definition) is 4. The first-order valence-electron chi connectivity index (χ1n) is 5.89. The van der Waals surface area contributed by atoms with Gasteiger partial charge in [0.05, 0.1) is 12.3 Å². The number of aromatic amines is 1. The molecule has 3 N–H and O–H groups in total. The number of benzene rings is 1. The summed E-state index contributed by atoms with van der Waals surface area (Å²) < 4.78 is 53.3. The van der Waals surface area contributed by atoms with E-state index in [0.717, 1.165) is 12.1 Å². The molecule has 1 aromatic carbocycles. The Morgan fingerprint density at radius 1 is 1.29 bits per heavy atom. The molecular weight excluding hydrogens is 304 g/mol. The van der Waals surface area contributed by atoms with E-state index in [1.165, 1.54) is 13.8 Å². The normalized spacial score (nSPS) is 11.7. The van der Waals surface area contributed by atoms with Crippen LogP contribution in [0.25, 0.3) is 0 Å². The number of aliphatic hydroxyl groups is 1. The van der Waals surface area contributed by atoms with E-state index < -0.39 is 39.0 Å². The average molecular weight is 317 g/mol. The summed E-state index contributed by atoms with van der Waals surface area (Å²) in [5, 5.41) is 14.7. The van der Waals surface area contributed by atoms with Crippen LogP contribution in [0.1, 0.15) is 16.8 Å². The monoisotopic (exact) mass is 317 g/mol. The minimum Gasteiger partial charge on any atom is -0.392 e. The van der Waals surface area contributed by atoms with Gasteiger partial charge in [-0.05, 0) is 25.5 Å². The number of aryl methyl sites for hydroxylation is 2. The van der Waals surface area contributed by atoms with Crippen molar-refractivity contribution in [3.05, 3.63) is 40.6 Å². The summed E-state index contributed by atoms with van der Waals surface area (Å²) in [4.78, 5) is 0. The largest absolute Gasteiger partial charge is 0.392 e. The summed E-state index contributed by atoms with van der Waals surface area (Å²) in [5.41, 5.74) is -0.0336. The highest BCUT2D eigenvalue weighted by molar-refractivity contribution is 7.92. The Kier molecular flexibility index (Phi) is 3.97. The Morgan fingerprint density at radius 3 is 2.57 bits per heavy atom. The fraction of sp³-hybridized carbons (Fsp3) is 0.250. The van der Waals surface area contributed by atoms with Crippen molar-refractivity contribution >= 4 is 15.7 Å². The van der Waals surface area contributed by atoms with E-state index in [0.29, 0.717) is 5.69 Å². The van der Waals surface area contributed by atoms with Crippen molar-refractivity contribution in [1.82, 2.24) is 10.2 Å². The van der Waals surface area contributed by atoms with Gasteiger partial charge in [0.25, 0.3) is 10.0 Å². The zero-order chi connectivity index (χ0) is 15.8. The molecule has 0 fully saturated rings. The van der Waals surface area contributed by atoms with Crippen molar-refractivity contribution in [3.63, 3.8) is 0 Å². The number of aromatic nitrogens is 2. The van der Waals surface area contributed by atoms with E-state index in [1.807, 2.05) is 4.72 Å². The van der Waals surface area contributed by atoms with E-state index in [-0.39, 0.29) is 11.1 Å². The van der Waals surface area contributed by atoms with Gasteiger partial charge in [-0.25, -0.2) is 8.78 Å². The summed E-state index contributed by atoms with van der Waals surface area (Å²) in [6.45, 7) is 2.34. The number of rotatable bonds is 4. The lowest BCUT2D eigenvalue weighted by Crippen LogP contribution is -2.16. The zero-order valence-corrected chi connectivity index (χ0v) is 12.1. The van der Waals surface area contributed by atoms with Gasteiger partial charge < -0.3 is 5.11 Å². The third kappa shape index (κ3) is 2.88. The maximum atomic E-state index is 13.7. The molecule has 0 aliphatic heterocycles. The molecule has 21 heavy (non-hydrogen) atoms. The lowest BCUT2D eigenvalue weighted by atomic mass is 10.2.